The zero-order valence-corrected chi connectivity index (χ0v) is 21.2. The van der Waals surface area contributed by atoms with Crippen LogP contribution in [0.5, 0.6) is 0 Å². The monoisotopic (exact) mass is 533 g/mol. The fraction of sp³-hybridized carbons (Fsp3) is 0.346. The highest BCUT2D eigenvalue weighted by Crippen LogP contribution is 2.53. The van der Waals surface area contributed by atoms with Crippen molar-refractivity contribution in [2.75, 3.05) is 19.7 Å². The smallest absolute Gasteiger partial charge is 0.243 e. The van der Waals surface area contributed by atoms with Crippen LogP contribution in [0.1, 0.15) is 31.0 Å². The molecule has 10 heteroatoms. The number of halogens is 3. The molecule has 0 unspecified atom stereocenters. The lowest BCUT2D eigenvalue weighted by Crippen LogP contribution is -2.42. The summed E-state index contributed by atoms with van der Waals surface area (Å²) in [5, 5.41) is 13.9. The van der Waals surface area contributed by atoms with Crippen LogP contribution in [0.15, 0.2) is 59.1 Å². The Labute approximate surface area is 213 Å². The first kappa shape index (κ1) is 25.1. The van der Waals surface area contributed by atoms with Crippen LogP contribution in [-0.2, 0) is 16.4 Å². The summed E-state index contributed by atoms with van der Waals surface area (Å²) in [6, 6.07) is 9.51. The van der Waals surface area contributed by atoms with Crippen molar-refractivity contribution in [1.29, 1.82) is 0 Å². The SMILES string of the molecule is C[C@]12Cc3cnn(-c4ccc(F)cc4)c3C=C1CC[C@@H]2CN(CCO)S(=O)(=O)c1ccc(F)c(Cl)c1. The van der Waals surface area contributed by atoms with E-state index in [1.807, 2.05) is 6.20 Å². The van der Waals surface area contributed by atoms with Gasteiger partial charge in [0.15, 0.2) is 0 Å². The molecule has 3 aromatic rings. The Morgan fingerprint density at radius 3 is 2.67 bits per heavy atom. The summed E-state index contributed by atoms with van der Waals surface area (Å²) in [7, 11) is -3.99. The van der Waals surface area contributed by atoms with E-state index in [2.05, 4.69) is 18.1 Å². The molecule has 1 aromatic heterocycles. The topological polar surface area (TPSA) is 75.4 Å². The molecule has 2 atom stereocenters. The number of allylic oxidation sites excluding steroid dienone is 1. The number of rotatable bonds is 7. The summed E-state index contributed by atoms with van der Waals surface area (Å²) in [6.07, 6.45) is 6.23. The van der Waals surface area contributed by atoms with E-state index in [4.69, 9.17) is 11.6 Å². The van der Waals surface area contributed by atoms with Gasteiger partial charge in [-0.05, 0) is 84.7 Å². The molecule has 5 rings (SSSR count). The van der Waals surface area contributed by atoms with Crippen LogP contribution in [0.4, 0.5) is 8.78 Å². The zero-order valence-electron chi connectivity index (χ0n) is 19.7. The molecule has 0 saturated heterocycles. The molecule has 2 aliphatic carbocycles. The van der Waals surface area contributed by atoms with Gasteiger partial charge in [-0.2, -0.15) is 9.40 Å². The van der Waals surface area contributed by atoms with E-state index in [1.165, 1.54) is 28.1 Å². The van der Waals surface area contributed by atoms with E-state index in [1.54, 1.807) is 16.8 Å². The summed E-state index contributed by atoms with van der Waals surface area (Å²) in [4.78, 5) is -0.104. The second-order valence-electron chi connectivity index (χ2n) is 9.61. The van der Waals surface area contributed by atoms with Crippen LogP contribution >= 0.6 is 11.6 Å². The van der Waals surface area contributed by atoms with Crippen LogP contribution in [0, 0.1) is 23.0 Å². The zero-order chi connectivity index (χ0) is 25.7. The first-order chi connectivity index (χ1) is 17.1. The first-order valence-electron chi connectivity index (χ1n) is 11.7. The molecule has 6 nitrogen and oxygen atoms in total. The van der Waals surface area contributed by atoms with Gasteiger partial charge >= 0.3 is 0 Å². The van der Waals surface area contributed by atoms with Crippen molar-refractivity contribution in [3.8, 4) is 5.69 Å². The van der Waals surface area contributed by atoms with Gasteiger partial charge in [-0.1, -0.05) is 24.1 Å². The van der Waals surface area contributed by atoms with Gasteiger partial charge in [-0.15, -0.1) is 0 Å². The molecular weight excluding hydrogens is 508 g/mol. The lowest BCUT2D eigenvalue weighted by molar-refractivity contribution is 0.194. The fourth-order valence-corrected chi connectivity index (χ4v) is 7.22. The Balaban J connectivity index is 1.43. The molecule has 1 N–H and O–H groups in total. The van der Waals surface area contributed by atoms with Crippen molar-refractivity contribution < 1.29 is 22.3 Å². The van der Waals surface area contributed by atoms with Crippen molar-refractivity contribution >= 4 is 27.7 Å². The highest BCUT2D eigenvalue weighted by atomic mass is 35.5. The molecule has 0 amide bonds. The maximum Gasteiger partial charge on any atom is 0.243 e. The van der Waals surface area contributed by atoms with Gasteiger partial charge in [-0.25, -0.2) is 21.9 Å². The molecule has 1 heterocycles. The molecule has 2 aliphatic rings. The summed E-state index contributed by atoms with van der Waals surface area (Å²) in [6.45, 7) is 1.95. The summed E-state index contributed by atoms with van der Waals surface area (Å²) in [5.74, 6) is -1.00. The molecule has 0 spiro atoms. The van der Waals surface area contributed by atoms with Gasteiger partial charge in [0, 0.05) is 13.1 Å². The maximum atomic E-state index is 13.6. The van der Waals surface area contributed by atoms with Crippen LogP contribution < -0.4 is 0 Å². The third-order valence-corrected chi connectivity index (χ3v) is 9.68. The third kappa shape index (κ3) is 4.28. The number of aliphatic hydroxyl groups is 1. The van der Waals surface area contributed by atoms with E-state index in [9.17, 15) is 22.3 Å². The molecule has 0 aliphatic heterocycles. The minimum atomic E-state index is -3.99. The third-order valence-electron chi connectivity index (χ3n) is 7.53. The molecule has 0 bridgehead atoms. The number of hydrogen-bond acceptors (Lipinski definition) is 4. The number of hydrogen-bond donors (Lipinski definition) is 1. The normalized spacial score (nSPS) is 21.4. The molecule has 2 aromatic carbocycles. The van der Waals surface area contributed by atoms with E-state index in [0.717, 1.165) is 41.9 Å². The standard InChI is InChI=1S/C26H26ClF2N3O3S/c1-26-14-17-15-30-32(21-6-4-20(28)5-7-21)25(17)12-18(26)2-3-19(26)16-31(10-11-33)36(34,35)22-8-9-24(29)23(27)13-22/h4-9,12-13,15,19,33H,2-3,10-11,14,16H2,1H3/t19-,26+/m1/s1. The predicted octanol–water partition coefficient (Wildman–Crippen LogP) is 4.84. The summed E-state index contributed by atoms with van der Waals surface area (Å²) in [5.41, 5.74) is 3.70. The van der Waals surface area contributed by atoms with Crippen molar-refractivity contribution in [1.82, 2.24) is 14.1 Å². The number of sulfonamides is 1. The minimum Gasteiger partial charge on any atom is -0.395 e. The van der Waals surface area contributed by atoms with E-state index in [-0.39, 0.29) is 46.8 Å². The summed E-state index contributed by atoms with van der Waals surface area (Å²) >= 11 is 5.85. The average Bonchev–Trinajstić information content (AvgIpc) is 3.39. The highest BCUT2D eigenvalue weighted by molar-refractivity contribution is 7.89. The van der Waals surface area contributed by atoms with Crippen molar-refractivity contribution in [2.45, 2.75) is 31.1 Å². The quantitative estimate of drug-likeness (QED) is 0.471. The molecule has 36 heavy (non-hydrogen) atoms. The minimum absolute atomic E-state index is 0.00307. The Morgan fingerprint density at radius 1 is 1.22 bits per heavy atom. The van der Waals surface area contributed by atoms with E-state index in [0.29, 0.717) is 6.42 Å². The lowest BCUT2D eigenvalue weighted by Gasteiger charge is -2.38. The summed E-state index contributed by atoms with van der Waals surface area (Å²) < 4.78 is 56.9. The van der Waals surface area contributed by atoms with Gasteiger partial charge < -0.3 is 5.11 Å². The van der Waals surface area contributed by atoms with Crippen molar-refractivity contribution in [3.05, 3.63) is 82.1 Å². The van der Waals surface area contributed by atoms with Gasteiger partial charge in [-0.3, -0.25) is 0 Å². The second kappa shape index (κ2) is 9.37. The molecular formula is C26H26ClF2N3O3S. The van der Waals surface area contributed by atoms with Gasteiger partial charge in [0.2, 0.25) is 10.0 Å². The first-order valence-corrected chi connectivity index (χ1v) is 13.6. The lowest BCUT2D eigenvalue weighted by atomic mass is 9.70. The molecule has 1 saturated carbocycles. The number of nitrogens with zero attached hydrogens (tertiary/aromatic N) is 3. The largest absolute Gasteiger partial charge is 0.395 e. The van der Waals surface area contributed by atoms with Crippen molar-refractivity contribution in [2.24, 2.45) is 11.3 Å². The fourth-order valence-electron chi connectivity index (χ4n) is 5.47. The number of aromatic nitrogens is 2. The Morgan fingerprint density at radius 2 is 1.97 bits per heavy atom. The molecule has 190 valence electrons. The van der Waals surface area contributed by atoms with Crippen LogP contribution in [0.2, 0.25) is 5.02 Å². The Hall–Kier alpha value is -2.59. The Bertz CT molecular complexity index is 1440. The van der Waals surface area contributed by atoms with Gasteiger partial charge in [0.25, 0.3) is 0 Å². The van der Waals surface area contributed by atoms with E-state index >= 15 is 0 Å². The van der Waals surface area contributed by atoms with E-state index < -0.39 is 15.8 Å². The average molecular weight is 534 g/mol. The molecule has 1 fully saturated rings. The number of fused-ring (bicyclic) bond motifs is 2. The van der Waals surface area contributed by atoms with Crippen LogP contribution in [0.25, 0.3) is 11.8 Å². The highest BCUT2D eigenvalue weighted by Gasteiger charge is 2.47. The Kier molecular flexibility index (Phi) is 6.53. The van der Waals surface area contributed by atoms with Crippen LogP contribution in [0.3, 0.4) is 0 Å². The molecule has 0 radical (unpaired) electrons. The number of aliphatic hydroxyl groups excluding tert-OH is 1. The predicted molar refractivity (Wildman–Crippen MR) is 133 cm³/mol. The maximum absolute atomic E-state index is 13.6. The second-order valence-corrected chi connectivity index (χ2v) is 12.0. The van der Waals surface area contributed by atoms with Crippen LogP contribution in [-0.4, -0.2) is 47.3 Å². The van der Waals surface area contributed by atoms with Crippen molar-refractivity contribution in [3.63, 3.8) is 0 Å². The van der Waals surface area contributed by atoms with Gasteiger partial charge in [0.05, 0.1) is 34.1 Å². The van der Waals surface area contributed by atoms with Gasteiger partial charge in [0.1, 0.15) is 11.6 Å². The number of benzene rings is 2.